The van der Waals surface area contributed by atoms with Gasteiger partial charge in [-0.15, -0.1) is 0 Å². The molecule has 0 unspecified atom stereocenters. The molecular formula is C28H34N2O4. The van der Waals surface area contributed by atoms with Gasteiger partial charge in [0.15, 0.2) is 5.60 Å². The van der Waals surface area contributed by atoms with Gasteiger partial charge in [-0.3, -0.25) is 14.7 Å². The number of amidine groups is 1. The van der Waals surface area contributed by atoms with Gasteiger partial charge in [0.25, 0.3) is 5.91 Å². The molecule has 2 aromatic carbocycles. The highest BCUT2D eigenvalue weighted by Gasteiger charge is 2.49. The molecule has 6 nitrogen and oxygen atoms in total. The molecule has 1 aliphatic carbocycles. The fourth-order valence-corrected chi connectivity index (χ4v) is 4.81. The number of rotatable bonds is 9. The van der Waals surface area contributed by atoms with Crippen LogP contribution in [0.5, 0.6) is 5.75 Å². The van der Waals surface area contributed by atoms with Crippen molar-refractivity contribution in [2.45, 2.75) is 83.4 Å². The molecule has 1 fully saturated rings. The summed E-state index contributed by atoms with van der Waals surface area (Å²) in [5.41, 5.74) is 1.12. The Balaban J connectivity index is 1.56. The summed E-state index contributed by atoms with van der Waals surface area (Å²) in [7, 11) is 0. The first kappa shape index (κ1) is 24.0. The SMILES string of the molecule is CCCCC1=NC2(CCCC2)C(=O)N1Cc1cccc(-c2cccc(OC(C)(C)C(=O)O)c2)c1. The Labute approximate surface area is 201 Å². The van der Waals surface area contributed by atoms with Crippen LogP contribution in [0.4, 0.5) is 0 Å². The zero-order valence-electron chi connectivity index (χ0n) is 20.3. The van der Waals surface area contributed by atoms with Crippen LogP contribution in [0.1, 0.15) is 71.3 Å². The molecule has 0 bridgehead atoms. The number of carbonyl (C=O) groups excluding carboxylic acids is 1. The number of hydrogen-bond donors (Lipinski definition) is 1. The molecule has 1 amide bonds. The molecule has 2 aliphatic rings. The molecule has 2 aromatic rings. The lowest BCUT2D eigenvalue weighted by atomic mass is 9.97. The van der Waals surface area contributed by atoms with Crippen LogP contribution in [0.15, 0.2) is 53.5 Å². The summed E-state index contributed by atoms with van der Waals surface area (Å²) in [4.78, 5) is 31.8. The molecular weight excluding hydrogens is 428 g/mol. The van der Waals surface area contributed by atoms with E-state index >= 15 is 0 Å². The van der Waals surface area contributed by atoms with Gasteiger partial charge in [-0.2, -0.15) is 0 Å². The van der Waals surface area contributed by atoms with E-state index in [4.69, 9.17) is 9.73 Å². The summed E-state index contributed by atoms with van der Waals surface area (Å²) in [5.74, 6) is 0.580. The number of amides is 1. The predicted octanol–water partition coefficient (Wildman–Crippen LogP) is 5.84. The third kappa shape index (κ3) is 4.86. The molecule has 0 atom stereocenters. The fraction of sp³-hybridized carbons (Fsp3) is 0.464. The highest BCUT2D eigenvalue weighted by molar-refractivity contribution is 6.08. The Morgan fingerprint density at radius 2 is 1.79 bits per heavy atom. The highest BCUT2D eigenvalue weighted by atomic mass is 16.5. The average Bonchev–Trinajstić information content (AvgIpc) is 3.38. The maximum absolute atomic E-state index is 13.4. The monoisotopic (exact) mass is 462 g/mol. The summed E-state index contributed by atoms with van der Waals surface area (Å²) < 4.78 is 5.71. The highest BCUT2D eigenvalue weighted by Crippen LogP contribution is 2.40. The van der Waals surface area contributed by atoms with Crippen molar-refractivity contribution in [3.63, 3.8) is 0 Å². The van der Waals surface area contributed by atoms with Gasteiger partial charge in [0, 0.05) is 6.42 Å². The number of hydrogen-bond acceptors (Lipinski definition) is 4. The number of carboxylic acid groups (broad SMARTS) is 1. The Morgan fingerprint density at radius 3 is 2.47 bits per heavy atom. The summed E-state index contributed by atoms with van der Waals surface area (Å²) >= 11 is 0. The Hall–Kier alpha value is -3.15. The van der Waals surface area contributed by atoms with Crippen molar-refractivity contribution in [1.82, 2.24) is 4.90 Å². The van der Waals surface area contributed by atoms with Crippen molar-refractivity contribution in [2.24, 2.45) is 4.99 Å². The van der Waals surface area contributed by atoms with Gasteiger partial charge < -0.3 is 9.84 Å². The van der Waals surface area contributed by atoms with E-state index in [1.807, 2.05) is 41.3 Å². The lowest BCUT2D eigenvalue weighted by Crippen LogP contribution is -2.40. The first-order chi connectivity index (χ1) is 16.2. The Bertz CT molecular complexity index is 1100. The van der Waals surface area contributed by atoms with Crippen LogP contribution in [0.3, 0.4) is 0 Å². The minimum atomic E-state index is -1.32. The number of ether oxygens (including phenoxy) is 1. The molecule has 1 spiro atoms. The standard InChI is InChI=1S/C28H34N2O4/c1-4-5-14-24-29-28(15-6-7-16-28)25(31)30(24)19-20-10-8-11-21(17-20)22-12-9-13-23(18-22)34-27(2,3)26(32)33/h8-13,17-18H,4-7,14-16,19H2,1-3H3,(H,32,33). The van der Waals surface area contributed by atoms with Crippen LogP contribution < -0.4 is 4.74 Å². The van der Waals surface area contributed by atoms with Crippen LogP contribution in [-0.4, -0.2) is 38.9 Å². The van der Waals surface area contributed by atoms with Gasteiger partial charge >= 0.3 is 5.97 Å². The van der Waals surface area contributed by atoms with E-state index in [1.165, 1.54) is 13.8 Å². The number of carbonyl (C=O) groups is 2. The third-order valence-corrected chi connectivity index (χ3v) is 6.81. The molecule has 1 saturated carbocycles. The smallest absolute Gasteiger partial charge is 0.347 e. The maximum Gasteiger partial charge on any atom is 0.347 e. The van der Waals surface area contributed by atoms with E-state index in [2.05, 4.69) is 13.0 Å². The Kier molecular flexibility index (Phi) is 6.78. The number of unbranched alkanes of at least 4 members (excludes halogenated alkanes) is 1. The number of carboxylic acids is 1. The molecule has 1 N–H and O–H groups in total. The van der Waals surface area contributed by atoms with Gasteiger partial charge in [0.05, 0.1) is 6.54 Å². The zero-order valence-corrected chi connectivity index (χ0v) is 20.3. The number of aliphatic carboxylic acids is 1. The van der Waals surface area contributed by atoms with E-state index in [9.17, 15) is 14.7 Å². The summed E-state index contributed by atoms with van der Waals surface area (Å²) in [5, 5.41) is 9.37. The zero-order chi connectivity index (χ0) is 24.3. The lowest BCUT2D eigenvalue weighted by molar-refractivity contribution is -0.152. The molecule has 180 valence electrons. The fourth-order valence-electron chi connectivity index (χ4n) is 4.81. The van der Waals surface area contributed by atoms with Crippen molar-refractivity contribution >= 4 is 17.7 Å². The van der Waals surface area contributed by atoms with E-state index in [0.717, 1.165) is 67.5 Å². The minimum absolute atomic E-state index is 0.160. The molecule has 0 saturated heterocycles. The van der Waals surface area contributed by atoms with E-state index in [1.54, 1.807) is 6.07 Å². The first-order valence-corrected chi connectivity index (χ1v) is 12.3. The normalized spacial score (nSPS) is 17.3. The van der Waals surface area contributed by atoms with E-state index < -0.39 is 17.1 Å². The summed E-state index contributed by atoms with van der Waals surface area (Å²) in [6.45, 7) is 5.74. The minimum Gasteiger partial charge on any atom is -0.478 e. The van der Waals surface area contributed by atoms with Gasteiger partial charge in [-0.05, 0) is 68.0 Å². The van der Waals surface area contributed by atoms with E-state index in [0.29, 0.717) is 12.3 Å². The second-order valence-electron chi connectivity index (χ2n) is 9.91. The van der Waals surface area contributed by atoms with Crippen molar-refractivity contribution in [2.75, 3.05) is 0 Å². The van der Waals surface area contributed by atoms with Crippen LogP contribution in [-0.2, 0) is 16.1 Å². The number of aliphatic imine (C=N–C) groups is 1. The van der Waals surface area contributed by atoms with Crippen LogP contribution in [0, 0.1) is 0 Å². The molecule has 0 radical (unpaired) electrons. The lowest BCUT2D eigenvalue weighted by Gasteiger charge is -2.23. The maximum atomic E-state index is 13.4. The van der Waals surface area contributed by atoms with Crippen molar-refractivity contribution in [1.29, 1.82) is 0 Å². The van der Waals surface area contributed by atoms with Crippen LogP contribution in [0.2, 0.25) is 0 Å². The summed E-state index contributed by atoms with van der Waals surface area (Å²) in [6.07, 6.45) is 6.78. The molecule has 1 aliphatic heterocycles. The average molecular weight is 463 g/mol. The van der Waals surface area contributed by atoms with Gasteiger partial charge in [-0.1, -0.05) is 56.5 Å². The van der Waals surface area contributed by atoms with E-state index in [-0.39, 0.29) is 5.91 Å². The number of benzene rings is 2. The van der Waals surface area contributed by atoms with Crippen LogP contribution >= 0.6 is 0 Å². The Morgan fingerprint density at radius 1 is 1.12 bits per heavy atom. The van der Waals surface area contributed by atoms with Gasteiger partial charge in [-0.25, -0.2) is 4.79 Å². The quantitative estimate of drug-likeness (QED) is 0.508. The molecule has 34 heavy (non-hydrogen) atoms. The third-order valence-electron chi connectivity index (χ3n) is 6.81. The number of nitrogens with zero attached hydrogens (tertiary/aromatic N) is 2. The topological polar surface area (TPSA) is 79.2 Å². The second-order valence-corrected chi connectivity index (χ2v) is 9.91. The van der Waals surface area contributed by atoms with Crippen molar-refractivity contribution in [3.05, 3.63) is 54.1 Å². The van der Waals surface area contributed by atoms with Gasteiger partial charge in [0.1, 0.15) is 17.1 Å². The van der Waals surface area contributed by atoms with Crippen molar-refractivity contribution < 1.29 is 19.4 Å². The first-order valence-electron chi connectivity index (χ1n) is 12.3. The molecule has 1 heterocycles. The van der Waals surface area contributed by atoms with Crippen molar-refractivity contribution in [3.8, 4) is 16.9 Å². The summed E-state index contributed by atoms with van der Waals surface area (Å²) in [6, 6.07) is 15.6. The molecule has 6 heteroatoms. The predicted molar refractivity (Wildman–Crippen MR) is 133 cm³/mol. The molecule has 0 aromatic heterocycles. The van der Waals surface area contributed by atoms with Crippen LogP contribution in [0.25, 0.3) is 11.1 Å². The second kappa shape index (κ2) is 9.61. The molecule has 4 rings (SSSR count). The van der Waals surface area contributed by atoms with Gasteiger partial charge in [0.2, 0.25) is 0 Å². The largest absolute Gasteiger partial charge is 0.478 e.